The Labute approximate surface area is 212 Å². The monoisotopic (exact) mass is 509 g/mol. The molecule has 2 aromatic rings. The average Bonchev–Trinajstić information content (AvgIpc) is 3.53. The van der Waals surface area contributed by atoms with Gasteiger partial charge in [0.25, 0.3) is 11.1 Å². The molecule has 1 aromatic heterocycles. The second kappa shape index (κ2) is 10.2. The number of aliphatic hydroxyl groups is 1. The first-order chi connectivity index (χ1) is 17.4. The number of carbonyl (C=O) groups excluding carboxylic acids is 3. The molecule has 12 heteroatoms. The number of rotatable bonds is 6. The van der Waals surface area contributed by atoms with Gasteiger partial charge in [-0.2, -0.15) is 4.98 Å². The molecule has 4 heterocycles. The fourth-order valence-electron chi connectivity index (χ4n) is 4.72. The van der Waals surface area contributed by atoms with Crippen molar-refractivity contribution >= 4 is 52.5 Å². The van der Waals surface area contributed by atoms with Crippen LogP contribution < -0.4 is 20.4 Å². The number of hydrogen-bond acceptors (Lipinski definition) is 9. The van der Waals surface area contributed by atoms with Crippen LogP contribution in [0.5, 0.6) is 0 Å². The standard InChI is InChI=1S/C24H27N7O4S/c1-29(7-8-32)20-10-18(9-19-21(33)28-24(35)36-19)25-22(27-20)30-11-15-13-31(14-16(15)12-30)23(34)26-17-5-3-2-4-6-17/h2-6,9-10,15-16,32H,7-8,11-14H2,1H3,(H,26,34)(H,28,33,35)/b19-9-. The zero-order valence-electron chi connectivity index (χ0n) is 19.8. The fourth-order valence-corrected chi connectivity index (χ4v) is 5.38. The fraction of sp³-hybridized carbons (Fsp3) is 0.375. The minimum absolute atomic E-state index is 0.0340. The van der Waals surface area contributed by atoms with E-state index in [0.717, 1.165) is 17.4 Å². The molecule has 0 spiro atoms. The average molecular weight is 510 g/mol. The maximum absolute atomic E-state index is 12.7. The zero-order valence-corrected chi connectivity index (χ0v) is 20.6. The molecule has 2 unspecified atom stereocenters. The van der Waals surface area contributed by atoms with Crippen LogP contribution in [0.2, 0.25) is 0 Å². The molecule has 0 saturated carbocycles. The molecule has 1 aromatic carbocycles. The second-order valence-electron chi connectivity index (χ2n) is 9.07. The van der Waals surface area contributed by atoms with E-state index in [1.807, 2.05) is 47.2 Å². The van der Waals surface area contributed by atoms with Crippen LogP contribution in [0.3, 0.4) is 0 Å². The summed E-state index contributed by atoms with van der Waals surface area (Å²) in [4.78, 5) is 51.7. The molecular formula is C24H27N7O4S. The molecule has 36 heavy (non-hydrogen) atoms. The lowest BCUT2D eigenvalue weighted by Crippen LogP contribution is -2.36. The van der Waals surface area contributed by atoms with Crippen molar-refractivity contribution in [1.29, 1.82) is 0 Å². The van der Waals surface area contributed by atoms with Crippen molar-refractivity contribution in [1.82, 2.24) is 20.2 Å². The number of nitrogens with one attached hydrogen (secondary N) is 2. The number of para-hydroxylation sites is 1. The van der Waals surface area contributed by atoms with Gasteiger partial charge in [0, 0.05) is 63.4 Å². The minimum atomic E-state index is -0.444. The number of aromatic nitrogens is 2. The van der Waals surface area contributed by atoms with Gasteiger partial charge in [0.2, 0.25) is 5.95 Å². The first-order valence-electron chi connectivity index (χ1n) is 11.7. The minimum Gasteiger partial charge on any atom is -0.395 e. The van der Waals surface area contributed by atoms with E-state index in [4.69, 9.17) is 4.98 Å². The number of fused-ring (bicyclic) bond motifs is 1. The van der Waals surface area contributed by atoms with E-state index in [0.29, 0.717) is 62.0 Å². The molecule has 5 rings (SSSR count). The van der Waals surface area contributed by atoms with Crippen LogP contribution in [0.15, 0.2) is 41.3 Å². The van der Waals surface area contributed by atoms with E-state index < -0.39 is 11.1 Å². The molecule has 4 amide bonds. The first kappa shape index (κ1) is 24.1. The first-order valence-corrected chi connectivity index (χ1v) is 12.5. The van der Waals surface area contributed by atoms with Gasteiger partial charge in [-0.1, -0.05) is 18.2 Å². The van der Waals surface area contributed by atoms with Crippen molar-refractivity contribution in [2.45, 2.75) is 0 Å². The van der Waals surface area contributed by atoms with E-state index in [9.17, 15) is 19.5 Å². The molecule has 3 N–H and O–H groups in total. The summed E-state index contributed by atoms with van der Waals surface area (Å²) in [5, 5.41) is 14.2. The topological polar surface area (TPSA) is 131 Å². The Kier molecular flexibility index (Phi) is 6.79. The van der Waals surface area contributed by atoms with Crippen LogP contribution in [0.1, 0.15) is 5.69 Å². The van der Waals surface area contributed by atoms with E-state index in [1.54, 1.807) is 12.1 Å². The Balaban J connectivity index is 1.31. The van der Waals surface area contributed by atoms with Gasteiger partial charge in [-0.25, -0.2) is 9.78 Å². The summed E-state index contributed by atoms with van der Waals surface area (Å²) < 4.78 is 0. The Hall–Kier alpha value is -3.64. The number of anilines is 3. The normalized spacial score (nSPS) is 22.2. The van der Waals surface area contributed by atoms with Gasteiger partial charge in [-0.05, 0) is 30.0 Å². The highest BCUT2D eigenvalue weighted by atomic mass is 32.2. The number of benzene rings is 1. The molecule has 3 aliphatic rings. The van der Waals surface area contributed by atoms with Crippen molar-refractivity contribution in [3.8, 4) is 0 Å². The molecule has 2 atom stereocenters. The number of likely N-dealkylation sites (tertiary alicyclic amines) is 1. The summed E-state index contributed by atoms with van der Waals surface area (Å²) in [5.74, 6) is 1.28. The quantitative estimate of drug-likeness (QED) is 0.499. The number of aliphatic hydroxyl groups excluding tert-OH is 1. The molecule has 0 aliphatic carbocycles. The molecule has 3 fully saturated rings. The van der Waals surface area contributed by atoms with Crippen molar-refractivity contribution in [3.63, 3.8) is 0 Å². The Bertz CT molecular complexity index is 1190. The molecular weight excluding hydrogens is 482 g/mol. The highest BCUT2D eigenvalue weighted by molar-refractivity contribution is 8.18. The van der Waals surface area contributed by atoms with Crippen LogP contribution in [0.4, 0.5) is 27.0 Å². The van der Waals surface area contributed by atoms with E-state index >= 15 is 0 Å². The van der Waals surface area contributed by atoms with Crippen LogP contribution in [0, 0.1) is 11.8 Å². The largest absolute Gasteiger partial charge is 0.395 e. The zero-order chi connectivity index (χ0) is 25.2. The summed E-state index contributed by atoms with van der Waals surface area (Å²) >= 11 is 0.839. The van der Waals surface area contributed by atoms with Gasteiger partial charge in [0.1, 0.15) is 5.82 Å². The third-order valence-electron chi connectivity index (χ3n) is 6.55. The van der Waals surface area contributed by atoms with Crippen LogP contribution >= 0.6 is 11.8 Å². The van der Waals surface area contributed by atoms with Crippen molar-refractivity contribution < 1.29 is 19.5 Å². The van der Waals surface area contributed by atoms with E-state index in [-0.39, 0.29) is 17.5 Å². The number of carbonyl (C=O) groups is 3. The second-order valence-corrected chi connectivity index (χ2v) is 10.1. The number of urea groups is 1. The van der Waals surface area contributed by atoms with Crippen molar-refractivity contribution in [2.75, 3.05) is 61.5 Å². The number of nitrogens with zero attached hydrogens (tertiary/aromatic N) is 5. The summed E-state index contributed by atoms with van der Waals surface area (Å²) in [6, 6.07) is 11.1. The van der Waals surface area contributed by atoms with Gasteiger partial charge < -0.3 is 25.1 Å². The summed E-state index contributed by atoms with van der Waals surface area (Å²) in [5.41, 5.74) is 1.28. The lowest BCUT2D eigenvalue weighted by Gasteiger charge is -2.24. The maximum atomic E-state index is 12.7. The van der Waals surface area contributed by atoms with Crippen LogP contribution in [-0.2, 0) is 4.79 Å². The van der Waals surface area contributed by atoms with Gasteiger partial charge in [-0.3, -0.25) is 14.9 Å². The highest BCUT2D eigenvalue weighted by Crippen LogP contribution is 2.34. The predicted octanol–water partition coefficient (Wildman–Crippen LogP) is 1.83. The summed E-state index contributed by atoms with van der Waals surface area (Å²) in [7, 11) is 1.82. The maximum Gasteiger partial charge on any atom is 0.321 e. The van der Waals surface area contributed by atoms with Gasteiger partial charge in [0.15, 0.2) is 0 Å². The van der Waals surface area contributed by atoms with Gasteiger partial charge in [0.05, 0.1) is 17.2 Å². The molecule has 0 bridgehead atoms. The van der Waals surface area contributed by atoms with Crippen LogP contribution in [-0.4, -0.2) is 83.5 Å². The van der Waals surface area contributed by atoms with Gasteiger partial charge in [-0.15, -0.1) is 0 Å². The highest BCUT2D eigenvalue weighted by Gasteiger charge is 2.42. The SMILES string of the molecule is CN(CCO)c1cc(/C=C2\SC(=O)NC2=O)nc(N2CC3CN(C(=O)Nc4ccccc4)CC3C2)n1. The van der Waals surface area contributed by atoms with E-state index in [2.05, 4.69) is 20.5 Å². The number of thioether (sulfide) groups is 1. The van der Waals surface area contributed by atoms with Gasteiger partial charge >= 0.3 is 6.03 Å². The number of amides is 4. The predicted molar refractivity (Wildman–Crippen MR) is 138 cm³/mol. The van der Waals surface area contributed by atoms with Crippen molar-refractivity contribution in [3.05, 3.63) is 47.0 Å². The lowest BCUT2D eigenvalue weighted by molar-refractivity contribution is -0.115. The number of imide groups is 1. The molecule has 11 nitrogen and oxygen atoms in total. The molecule has 3 saturated heterocycles. The number of hydrogen-bond donors (Lipinski definition) is 3. The van der Waals surface area contributed by atoms with Crippen LogP contribution in [0.25, 0.3) is 6.08 Å². The smallest absolute Gasteiger partial charge is 0.321 e. The summed E-state index contributed by atoms with van der Waals surface area (Å²) in [6.45, 7) is 3.07. The Morgan fingerprint density at radius 2 is 1.92 bits per heavy atom. The lowest BCUT2D eigenvalue weighted by atomic mass is 10.0. The third kappa shape index (κ3) is 5.14. The molecule has 188 valence electrons. The number of likely N-dealkylation sites (N-methyl/N-ethyl adjacent to an activating group) is 1. The molecule has 0 radical (unpaired) electrons. The molecule has 3 aliphatic heterocycles. The summed E-state index contributed by atoms with van der Waals surface area (Å²) in [6.07, 6.45) is 1.58. The van der Waals surface area contributed by atoms with Crippen molar-refractivity contribution in [2.24, 2.45) is 11.8 Å². The van der Waals surface area contributed by atoms with E-state index in [1.165, 1.54) is 0 Å². The Morgan fingerprint density at radius 3 is 2.56 bits per heavy atom. The Morgan fingerprint density at radius 1 is 1.19 bits per heavy atom. The third-order valence-corrected chi connectivity index (χ3v) is 7.36.